The number of likely N-dealkylation sites (tertiary alicyclic amines) is 1. The van der Waals surface area contributed by atoms with E-state index in [4.69, 9.17) is 9.90 Å². The van der Waals surface area contributed by atoms with Gasteiger partial charge in [-0.25, -0.2) is 9.97 Å². The van der Waals surface area contributed by atoms with Crippen molar-refractivity contribution in [1.82, 2.24) is 19.4 Å². The Bertz CT molecular complexity index is 870. The van der Waals surface area contributed by atoms with Crippen LogP contribution in [0.3, 0.4) is 0 Å². The number of piperidine rings is 1. The van der Waals surface area contributed by atoms with E-state index < -0.39 is 0 Å². The summed E-state index contributed by atoms with van der Waals surface area (Å²) in [6.45, 7) is 5.14. The molecule has 2 bridgehead atoms. The van der Waals surface area contributed by atoms with Gasteiger partial charge in [0.05, 0.1) is 12.6 Å². The molecule has 1 fully saturated rings. The van der Waals surface area contributed by atoms with Gasteiger partial charge in [0, 0.05) is 61.8 Å². The van der Waals surface area contributed by atoms with E-state index in [2.05, 4.69) is 20.2 Å². The average molecular weight is 401 g/mol. The van der Waals surface area contributed by atoms with Crippen LogP contribution < -0.4 is 10.9 Å². The molecule has 9 nitrogen and oxygen atoms in total. The van der Waals surface area contributed by atoms with Gasteiger partial charge in [0.15, 0.2) is 0 Å². The summed E-state index contributed by atoms with van der Waals surface area (Å²) < 4.78 is 1.82. The van der Waals surface area contributed by atoms with Gasteiger partial charge in [0.2, 0.25) is 5.95 Å². The summed E-state index contributed by atoms with van der Waals surface area (Å²) in [4.78, 5) is 31.8. The second-order valence-electron chi connectivity index (χ2n) is 7.35. The van der Waals surface area contributed by atoms with Crippen molar-refractivity contribution < 1.29 is 15.0 Å². The van der Waals surface area contributed by atoms with E-state index in [9.17, 15) is 9.90 Å². The minimum atomic E-state index is -0.250. The summed E-state index contributed by atoms with van der Waals surface area (Å²) in [5.74, 6) is 1.26. The summed E-state index contributed by atoms with van der Waals surface area (Å²) in [6.07, 6.45) is 4.77. The number of nitrogens with zero attached hydrogens (tertiary/aromatic N) is 4. The molecule has 2 aliphatic rings. The maximum atomic E-state index is 12.3. The SMILES string of the molecule is CCNc1ncc(CN2C[C@H]3C[C@@H](C2)[C@H](CO)n2c3cccc2=O)cn1.O=CO. The molecule has 0 aromatic carbocycles. The number of aromatic nitrogens is 3. The zero-order valence-electron chi connectivity index (χ0n) is 16.4. The number of rotatable bonds is 5. The Kier molecular flexibility index (Phi) is 6.95. The Morgan fingerprint density at radius 1 is 1.28 bits per heavy atom. The van der Waals surface area contributed by atoms with Crippen LogP contribution in [0.5, 0.6) is 0 Å². The van der Waals surface area contributed by atoms with Gasteiger partial charge < -0.3 is 20.1 Å². The first-order chi connectivity index (χ1) is 14.1. The van der Waals surface area contributed by atoms with E-state index in [0.717, 1.165) is 43.9 Å². The lowest BCUT2D eigenvalue weighted by molar-refractivity contribution is -0.122. The van der Waals surface area contributed by atoms with Crippen LogP contribution in [0.25, 0.3) is 0 Å². The number of carbonyl (C=O) groups is 1. The summed E-state index contributed by atoms with van der Waals surface area (Å²) in [7, 11) is 0. The van der Waals surface area contributed by atoms with Crippen molar-refractivity contribution in [3.63, 3.8) is 0 Å². The number of nitrogens with one attached hydrogen (secondary N) is 1. The topological polar surface area (TPSA) is 121 Å². The number of aliphatic hydroxyl groups excluding tert-OH is 1. The van der Waals surface area contributed by atoms with Gasteiger partial charge >= 0.3 is 0 Å². The van der Waals surface area contributed by atoms with E-state index in [1.54, 1.807) is 6.07 Å². The second-order valence-corrected chi connectivity index (χ2v) is 7.35. The number of pyridine rings is 1. The predicted molar refractivity (Wildman–Crippen MR) is 108 cm³/mol. The lowest BCUT2D eigenvalue weighted by atomic mass is 9.78. The van der Waals surface area contributed by atoms with Gasteiger partial charge in [-0.2, -0.15) is 0 Å². The summed E-state index contributed by atoms with van der Waals surface area (Å²) in [5, 5.41) is 19.9. The van der Waals surface area contributed by atoms with Crippen LogP contribution in [0, 0.1) is 5.92 Å². The Labute approximate surface area is 169 Å². The van der Waals surface area contributed by atoms with Crippen LogP contribution in [0.2, 0.25) is 0 Å². The first kappa shape index (κ1) is 20.9. The fourth-order valence-corrected chi connectivity index (χ4v) is 4.44. The molecule has 0 amide bonds. The molecule has 0 radical (unpaired) electrons. The largest absolute Gasteiger partial charge is 0.483 e. The van der Waals surface area contributed by atoms with Crippen molar-refractivity contribution >= 4 is 12.4 Å². The van der Waals surface area contributed by atoms with E-state index in [1.807, 2.05) is 36.0 Å². The van der Waals surface area contributed by atoms with Crippen LogP contribution in [0.15, 0.2) is 35.4 Å². The molecule has 1 saturated heterocycles. The number of anilines is 1. The molecular weight excluding hydrogens is 374 g/mol. The normalized spacial score (nSPS) is 22.8. The molecule has 0 saturated carbocycles. The van der Waals surface area contributed by atoms with Crippen molar-refractivity contribution in [3.8, 4) is 0 Å². The van der Waals surface area contributed by atoms with Crippen molar-refractivity contribution in [3.05, 3.63) is 52.2 Å². The van der Waals surface area contributed by atoms with Crippen LogP contribution in [-0.2, 0) is 11.3 Å². The average Bonchev–Trinajstić information content (AvgIpc) is 2.71. The third-order valence-corrected chi connectivity index (χ3v) is 5.51. The van der Waals surface area contributed by atoms with Crippen LogP contribution in [0.4, 0.5) is 5.95 Å². The molecule has 4 rings (SSSR count). The third-order valence-electron chi connectivity index (χ3n) is 5.51. The molecule has 2 aromatic rings. The lowest BCUT2D eigenvalue weighted by Gasteiger charge is -2.46. The lowest BCUT2D eigenvalue weighted by Crippen LogP contribution is -2.50. The highest BCUT2D eigenvalue weighted by molar-refractivity contribution is 5.32. The van der Waals surface area contributed by atoms with Crippen molar-refractivity contribution in [2.24, 2.45) is 5.92 Å². The van der Waals surface area contributed by atoms with E-state index >= 15 is 0 Å². The van der Waals surface area contributed by atoms with E-state index in [1.165, 1.54) is 0 Å². The summed E-state index contributed by atoms with van der Waals surface area (Å²) >= 11 is 0. The molecule has 3 atom stereocenters. The molecule has 2 aromatic heterocycles. The van der Waals surface area contributed by atoms with Crippen molar-refractivity contribution in [1.29, 1.82) is 0 Å². The van der Waals surface area contributed by atoms with Crippen molar-refractivity contribution in [2.45, 2.75) is 31.8 Å². The predicted octanol–water partition coefficient (Wildman–Crippen LogP) is 0.924. The molecule has 9 heteroatoms. The van der Waals surface area contributed by atoms with Crippen LogP contribution >= 0.6 is 0 Å². The first-order valence-corrected chi connectivity index (χ1v) is 9.78. The molecule has 2 aliphatic heterocycles. The second kappa shape index (κ2) is 9.62. The highest BCUT2D eigenvalue weighted by Gasteiger charge is 2.40. The monoisotopic (exact) mass is 401 g/mol. The molecule has 156 valence electrons. The number of hydrogen-bond donors (Lipinski definition) is 3. The highest BCUT2D eigenvalue weighted by Crippen LogP contribution is 2.41. The molecule has 0 unspecified atom stereocenters. The summed E-state index contributed by atoms with van der Waals surface area (Å²) in [6, 6.07) is 5.32. The maximum Gasteiger partial charge on any atom is 0.290 e. The van der Waals surface area contributed by atoms with Crippen molar-refractivity contribution in [2.75, 3.05) is 31.6 Å². The minimum absolute atomic E-state index is 0.00262. The zero-order valence-corrected chi connectivity index (χ0v) is 16.4. The standard InChI is InChI=1S/C19H25N5O2.CH2O2/c1-2-20-19-21-7-13(8-22-19)9-23-10-14-6-15(11-23)17(12-25)24-16(14)4-3-5-18(24)26;2-1-3/h3-5,7-8,14-15,17,25H,2,6,9-12H2,1H3,(H,20,21,22);1H,(H,2,3)/t14-,15+,17+;/m1./s1. The number of aliphatic hydroxyl groups is 1. The van der Waals surface area contributed by atoms with Gasteiger partial charge in [-0.3, -0.25) is 14.5 Å². The van der Waals surface area contributed by atoms with Gasteiger partial charge in [0.25, 0.3) is 12.0 Å². The molecule has 3 N–H and O–H groups in total. The van der Waals surface area contributed by atoms with E-state index in [-0.39, 0.29) is 30.6 Å². The van der Waals surface area contributed by atoms with Crippen LogP contribution in [-0.4, -0.2) is 62.4 Å². The Balaban J connectivity index is 0.000000755. The number of fused-ring (bicyclic) bond motifs is 4. The Morgan fingerprint density at radius 3 is 2.66 bits per heavy atom. The number of carboxylic acid groups (broad SMARTS) is 1. The smallest absolute Gasteiger partial charge is 0.290 e. The molecule has 0 spiro atoms. The zero-order chi connectivity index (χ0) is 20.8. The Morgan fingerprint density at radius 2 is 2.00 bits per heavy atom. The maximum absolute atomic E-state index is 12.3. The van der Waals surface area contributed by atoms with Gasteiger partial charge in [-0.1, -0.05) is 6.07 Å². The number of hydrogen-bond acceptors (Lipinski definition) is 7. The molecule has 4 heterocycles. The fourth-order valence-electron chi connectivity index (χ4n) is 4.44. The minimum Gasteiger partial charge on any atom is -0.483 e. The molecular formula is C20H27N5O4. The van der Waals surface area contributed by atoms with Gasteiger partial charge in [-0.05, 0) is 25.3 Å². The van der Waals surface area contributed by atoms with Gasteiger partial charge in [0.1, 0.15) is 0 Å². The summed E-state index contributed by atoms with van der Waals surface area (Å²) in [5.41, 5.74) is 2.13. The third kappa shape index (κ3) is 4.63. The fraction of sp³-hybridized carbons (Fsp3) is 0.500. The molecule has 0 aliphatic carbocycles. The first-order valence-electron chi connectivity index (χ1n) is 9.78. The highest BCUT2D eigenvalue weighted by atomic mass is 16.3. The van der Waals surface area contributed by atoms with E-state index in [0.29, 0.717) is 11.9 Å². The van der Waals surface area contributed by atoms with Gasteiger partial charge in [-0.15, -0.1) is 0 Å². The van der Waals surface area contributed by atoms with Crippen LogP contribution in [0.1, 0.15) is 36.6 Å². The Hall–Kier alpha value is -2.78. The quantitative estimate of drug-likeness (QED) is 0.633. The molecule has 29 heavy (non-hydrogen) atoms.